The first-order valence-corrected chi connectivity index (χ1v) is 9.00. The van der Waals surface area contributed by atoms with Crippen molar-refractivity contribution in [3.05, 3.63) is 59.2 Å². The summed E-state index contributed by atoms with van der Waals surface area (Å²) in [7, 11) is 5.28. The monoisotopic (exact) mass is 371 g/mol. The van der Waals surface area contributed by atoms with Gasteiger partial charge in [-0.15, -0.1) is 0 Å². The molecule has 0 bridgehead atoms. The molecule has 2 rings (SSSR count). The molecule has 2 aromatic carbocycles. The van der Waals surface area contributed by atoms with Crippen molar-refractivity contribution < 1.29 is 14.6 Å². The fourth-order valence-corrected chi connectivity index (χ4v) is 2.81. The fourth-order valence-electron chi connectivity index (χ4n) is 2.81. The van der Waals surface area contributed by atoms with E-state index in [0.29, 0.717) is 13.1 Å². The van der Waals surface area contributed by atoms with E-state index in [2.05, 4.69) is 10.2 Å². The predicted octanol–water partition coefficient (Wildman–Crippen LogP) is 2.79. The molecule has 0 aliphatic rings. The topological polar surface area (TPSA) is 66.3 Å². The van der Waals surface area contributed by atoms with Gasteiger partial charge in [0.05, 0.1) is 27.4 Å². The van der Waals surface area contributed by atoms with E-state index in [4.69, 9.17) is 14.5 Å². The van der Waals surface area contributed by atoms with Gasteiger partial charge in [-0.3, -0.25) is 0 Å². The van der Waals surface area contributed by atoms with Gasteiger partial charge in [-0.05, 0) is 30.2 Å². The van der Waals surface area contributed by atoms with Gasteiger partial charge in [0.1, 0.15) is 11.5 Å². The van der Waals surface area contributed by atoms with Crippen LogP contribution in [0.3, 0.4) is 0 Å². The SMILES string of the molecule is CCNC(=NCc1ccccc1CO)N(C)Cc1ccc(OC)cc1OC. The van der Waals surface area contributed by atoms with Gasteiger partial charge in [0.25, 0.3) is 0 Å². The molecular formula is C21H29N3O3. The number of rotatable bonds is 8. The largest absolute Gasteiger partial charge is 0.497 e. The number of hydrogen-bond acceptors (Lipinski definition) is 4. The molecule has 0 aliphatic heterocycles. The normalized spacial score (nSPS) is 11.2. The highest BCUT2D eigenvalue weighted by molar-refractivity contribution is 5.79. The lowest BCUT2D eigenvalue weighted by Gasteiger charge is -2.23. The first kappa shape index (κ1) is 20.6. The second-order valence-electron chi connectivity index (χ2n) is 6.13. The van der Waals surface area contributed by atoms with Crippen LogP contribution in [0.1, 0.15) is 23.6 Å². The highest BCUT2D eigenvalue weighted by atomic mass is 16.5. The van der Waals surface area contributed by atoms with Crippen LogP contribution in [0.4, 0.5) is 0 Å². The van der Waals surface area contributed by atoms with E-state index >= 15 is 0 Å². The van der Waals surface area contributed by atoms with Crippen LogP contribution in [0.15, 0.2) is 47.5 Å². The van der Waals surface area contributed by atoms with E-state index in [-0.39, 0.29) is 6.61 Å². The Labute approximate surface area is 161 Å². The zero-order valence-electron chi connectivity index (χ0n) is 16.5. The Morgan fingerprint density at radius 1 is 1.07 bits per heavy atom. The van der Waals surface area contributed by atoms with Gasteiger partial charge < -0.3 is 24.8 Å². The van der Waals surface area contributed by atoms with Crippen LogP contribution >= 0.6 is 0 Å². The molecule has 2 N–H and O–H groups in total. The van der Waals surface area contributed by atoms with Crippen molar-refractivity contribution in [2.75, 3.05) is 27.8 Å². The minimum Gasteiger partial charge on any atom is -0.497 e. The average molecular weight is 371 g/mol. The van der Waals surface area contributed by atoms with Crippen LogP contribution in [-0.4, -0.2) is 43.8 Å². The highest BCUT2D eigenvalue weighted by Crippen LogP contribution is 2.25. The third kappa shape index (κ3) is 5.62. The van der Waals surface area contributed by atoms with Gasteiger partial charge in [-0.25, -0.2) is 4.99 Å². The summed E-state index contributed by atoms with van der Waals surface area (Å²) in [6.45, 7) is 3.97. The Balaban J connectivity index is 2.18. The van der Waals surface area contributed by atoms with E-state index in [1.54, 1.807) is 14.2 Å². The maximum Gasteiger partial charge on any atom is 0.194 e. The molecule has 0 heterocycles. The summed E-state index contributed by atoms with van der Waals surface area (Å²) in [5, 5.41) is 12.8. The summed E-state index contributed by atoms with van der Waals surface area (Å²) in [5.74, 6) is 2.34. The van der Waals surface area contributed by atoms with Crippen molar-refractivity contribution in [1.82, 2.24) is 10.2 Å². The second-order valence-corrected chi connectivity index (χ2v) is 6.13. The minimum absolute atomic E-state index is 0.0150. The van der Waals surface area contributed by atoms with Crippen LogP contribution in [0.2, 0.25) is 0 Å². The first-order valence-electron chi connectivity index (χ1n) is 9.00. The molecule has 27 heavy (non-hydrogen) atoms. The van der Waals surface area contributed by atoms with Crippen LogP contribution in [0.5, 0.6) is 11.5 Å². The third-order valence-corrected chi connectivity index (χ3v) is 4.29. The zero-order chi connectivity index (χ0) is 19.6. The molecule has 0 amide bonds. The summed E-state index contributed by atoms with van der Waals surface area (Å²) in [6, 6.07) is 13.6. The number of methoxy groups -OCH3 is 2. The predicted molar refractivity (Wildman–Crippen MR) is 108 cm³/mol. The third-order valence-electron chi connectivity index (χ3n) is 4.29. The minimum atomic E-state index is 0.0150. The maximum absolute atomic E-state index is 9.49. The number of nitrogens with one attached hydrogen (secondary N) is 1. The number of aliphatic hydroxyl groups is 1. The molecule has 0 unspecified atom stereocenters. The van der Waals surface area contributed by atoms with E-state index in [1.165, 1.54) is 0 Å². The first-order chi connectivity index (χ1) is 13.1. The van der Waals surface area contributed by atoms with Gasteiger partial charge >= 0.3 is 0 Å². The number of benzene rings is 2. The van der Waals surface area contributed by atoms with Gasteiger partial charge in [0, 0.05) is 31.8 Å². The number of aliphatic imine (C=N–C) groups is 1. The number of hydrogen-bond donors (Lipinski definition) is 2. The average Bonchev–Trinajstić information content (AvgIpc) is 2.71. The van der Waals surface area contributed by atoms with Gasteiger partial charge in [-0.1, -0.05) is 24.3 Å². The van der Waals surface area contributed by atoms with Crippen LogP contribution in [0, 0.1) is 0 Å². The van der Waals surface area contributed by atoms with E-state index < -0.39 is 0 Å². The number of aliphatic hydroxyl groups excluding tert-OH is 1. The Kier molecular flexibility index (Phi) is 7.95. The molecule has 6 nitrogen and oxygen atoms in total. The highest BCUT2D eigenvalue weighted by Gasteiger charge is 2.11. The summed E-state index contributed by atoms with van der Waals surface area (Å²) in [4.78, 5) is 6.78. The summed E-state index contributed by atoms with van der Waals surface area (Å²) in [5.41, 5.74) is 2.96. The van der Waals surface area contributed by atoms with Crippen molar-refractivity contribution in [2.24, 2.45) is 4.99 Å². The van der Waals surface area contributed by atoms with E-state index in [0.717, 1.165) is 40.7 Å². The van der Waals surface area contributed by atoms with Crippen molar-refractivity contribution in [3.63, 3.8) is 0 Å². The molecule has 0 aliphatic carbocycles. The number of guanidine groups is 1. The van der Waals surface area contributed by atoms with Crippen LogP contribution in [0.25, 0.3) is 0 Å². The van der Waals surface area contributed by atoms with Gasteiger partial charge in [-0.2, -0.15) is 0 Å². The standard InChI is InChI=1S/C21H29N3O3/c1-5-22-21(23-13-16-8-6-7-9-18(16)15-25)24(2)14-17-10-11-19(26-3)12-20(17)27-4/h6-12,25H,5,13-15H2,1-4H3,(H,22,23). The molecule has 0 saturated heterocycles. The molecule has 0 atom stereocenters. The quantitative estimate of drug-likeness (QED) is 0.552. The summed E-state index contributed by atoms with van der Waals surface area (Å²) < 4.78 is 10.8. The van der Waals surface area contributed by atoms with E-state index in [9.17, 15) is 5.11 Å². The molecule has 6 heteroatoms. The Morgan fingerprint density at radius 2 is 1.81 bits per heavy atom. The molecule has 0 fully saturated rings. The molecular weight excluding hydrogens is 342 g/mol. The lowest BCUT2D eigenvalue weighted by molar-refractivity contribution is 0.280. The Hall–Kier alpha value is -2.73. The zero-order valence-corrected chi connectivity index (χ0v) is 16.5. The molecule has 146 valence electrons. The lowest BCUT2D eigenvalue weighted by atomic mass is 10.1. The van der Waals surface area contributed by atoms with Crippen LogP contribution < -0.4 is 14.8 Å². The second kappa shape index (κ2) is 10.4. The van der Waals surface area contributed by atoms with Gasteiger partial charge in [0.15, 0.2) is 5.96 Å². The molecule has 0 radical (unpaired) electrons. The lowest BCUT2D eigenvalue weighted by Crippen LogP contribution is -2.38. The maximum atomic E-state index is 9.49. The van der Waals surface area contributed by atoms with E-state index in [1.807, 2.05) is 56.4 Å². The fraction of sp³-hybridized carbons (Fsp3) is 0.381. The number of nitrogens with zero attached hydrogens (tertiary/aromatic N) is 2. The molecule has 0 aromatic heterocycles. The van der Waals surface area contributed by atoms with Crippen molar-refractivity contribution in [1.29, 1.82) is 0 Å². The van der Waals surface area contributed by atoms with Crippen molar-refractivity contribution >= 4 is 5.96 Å². The van der Waals surface area contributed by atoms with Gasteiger partial charge in [0.2, 0.25) is 0 Å². The summed E-state index contributed by atoms with van der Waals surface area (Å²) >= 11 is 0. The Bertz CT molecular complexity index is 762. The number of ether oxygens (including phenoxy) is 2. The molecule has 0 spiro atoms. The molecule has 0 saturated carbocycles. The molecule has 2 aromatic rings. The van der Waals surface area contributed by atoms with Crippen molar-refractivity contribution in [2.45, 2.75) is 26.6 Å². The van der Waals surface area contributed by atoms with Crippen molar-refractivity contribution in [3.8, 4) is 11.5 Å². The summed E-state index contributed by atoms with van der Waals surface area (Å²) in [6.07, 6.45) is 0. The van der Waals surface area contributed by atoms with Crippen LogP contribution in [-0.2, 0) is 19.7 Å². The smallest absolute Gasteiger partial charge is 0.194 e. The Morgan fingerprint density at radius 3 is 2.44 bits per heavy atom.